The maximum Gasteiger partial charge on any atom is 0.141 e. The molecule has 0 unspecified atom stereocenters. The van der Waals surface area contributed by atoms with Crippen LogP contribution in [-0.4, -0.2) is 13.2 Å². The average molecular weight is 191 g/mol. The number of ether oxygens (including phenoxy) is 1. The molecule has 1 aromatic carbocycles. The molecule has 1 aliphatic rings. The highest BCUT2D eigenvalue weighted by molar-refractivity contribution is 5.56. The number of hydrogen-bond acceptors (Lipinski definition) is 2. The minimum atomic E-state index is 0.561. The van der Waals surface area contributed by atoms with Crippen LogP contribution in [0.3, 0.4) is 0 Å². The molecule has 0 bridgehead atoms. The number of benzene rings is 1. The van der Waals surface area contributed by atoms with E-state index in [1.807, 2.05) is 18.2 Å². The topological polar surface area (TPSA) is 21.3 Å². The third-order valence-electron chi connectivity index (χ3n) is 2.82. The zero-order valence-electron chi connectivity index (χ0n) is 8.79. The van der Waals surface area contributed by atoms with Crippen molar-refractivity contribution in [2.24, 2.45) is 5.92 Å². The fourth-order valence-corrected chi connectivity index (χ4v) is 1.72. The van der Waals surface area contributed by atoms with Gasteiger partial charge in [-0.1, -0.05) is 12.1 Å². The van der Waals surface area contributed by atoms with Gasteiger partial charge in [0.1, 0.15) is 5.75 Å². The second kappa shape index (κ2) is 3.91. The molecule has 2 nitrogen and oxygen atoms in total. The first-order valence-electron chi connectivity index (χ1n) is 5.21. The van der Waals surface area contributed by atoms with Crippen LogP contribution < -0.4 is 10.1 Å². The summed E-state index contributed by atoms with van der Waals surface area (Å²) < 4.78 is 5.28. The highest BCUT2D eigenvalue weighted by Gasteiger charge is 2.28. The molecule has 0 spiro atoms. The fourth-order valence-electron chi connectivity index (χ4n) is 1.72. The highest BCUT2D eigenvalue weighted by atomic mass is 16.5. The van der Waals surface area contributed by atoms with Crippen molar-refractivity contribution < 1.29 is 4.74 Å². The van der Waals surface area contributed by atoms with Gasteiger partial charge in [-0.2, -0.15) is 0 Å². The van der Waals surface area contributed by atoms with Crippen molar-refractivity contribution in [3.8, 4) is 5.75 Å². The quantitative estimate of drug-likeness (QED) is 0.790. The van der Waals surface area contributed by atoms with Gasteiger partial charge in [-0.25, -0.2) is 0 Å². The molecule has 1 atom stereocenters. The third kappa shape index (κ3) is 2.00. The van der Waals surface area contributed by atoms with Crippen molar-refractivity contribution in [3.63, 3.8) is 0 Å². The van der Waals surface area contributed by atoms with E-state index in [2.05, 4.69) is 18.3 Å². The lowest BCUT2D eigenvalue weighted by atomic mass is 10.2. The average Bonchev–Trinajstić information content (AvgIpc) is 3.02. The lowest BCUT2D eigenvalue weighted by molar-refractivity contribution is 0.416. The molecular formula is C12H17NO. The first-order valence-corrected chi connectivity index (χ1v) is 5.21. The number of rotatable bonds is 4. The second-order valence-corrected chi connectivity index (χ2v) is 3.97. The van der Waals surface area contributed by atoms with Crippen LogP contribution in [-0.2, 0) is 0 Å². The van der Waals surface area contributed by atoms with E-state index < -0.39 is 0 Å². The van der Waals surface area contributed by atoms with E-state index in [1.54, 1.807) is 7.11 Å². The molecule has 0 radical (unpaired) electrons. The summed E-state index contributed by atoms with van der Waals surface area (Å²) in [6.45, 7) is 2.24. The Morgan fingerprint density at radius 2 is 2.07 bits per heavy atom. The van der Waals surface area contributed by atoms with Gasteiger partial charge < -0.3 is 10.1 Å². The first-order chi connectivity index (χ1) is 6.81. The van der Waals surface area contributed by atoms with Gasteiger partial charge in [-0.15, -0.1) is 0 Å². The normalized spacial score (nSPS) is 17.6. The van der Waals surface area contributed by atoms with E-state index in [0.717, 1.165) is 17.4 Å². The summed E-state index contributed by atoms with van der Waals surface area (Å²) in [5, 5.41) is 3.50. The van der Waals surface area contributed by atoms with Crippen molar-refractivity contribution >= 4 is 5.69 Å². The Labute approximate surface area is 85.3 Å². The molecule has 1 N–H and O–H groups in total. The van der Waals surface area contributed by atoms with Gasteiger partial charge in [0.15, 0.2) is 0 Å². The van der Waals surface area contributed by atoms with E-state index in [-0.39, 0.29) is 0 Å². The van der Waals surface area contributed by atoms with Crippen molar-refractivity contribution in [1.29, 1.82) is 0 Å². The Morgan fingerprint density at radius 1 is 1.36 bits per heavy atom. The molecular weight excluding hydrogens is 174 g/mol. The van der Waals surface area contributed by atoms with Crippen molar-refractivity contribution in [1.82, 2.24) is 0 Å². The van der Waals surface area contributed by atoms with Crippen LogP contribution in [0.25, 0.3) is 0 Å². The van der Waals surface area contributed by atoms with Crippen LogP contribution >= 0.6 is 0 Å². The van der Waals surface area contributed by atoms with Crippen LogP contribution in [0.4, 0.5) is 5.69 Å². The summed E-state index contributed by atoms with van der Waals surface area (Å²) in [5.41, 5.74) is 1.11. The first kappa shape index (κ1) is 9.38. The number of hydrogen-bond donors (Lipinski definition) is 1. The molecule has 14 heavy (non-hydrogen) atoms. The van der Waals surface area contributed by atoms with E-state index >= 15 is 0 Å². The third-order valence-corrected chi connectivity index (χ3v) is 2.82. The van der Waals surface area contributed by atoms with E-state index in [0.29, 0.717) is 6.04 Å². The summed E-state index contributed by atoms with van der Waals surface area (Å²) in [6, 6.07) is 8.64. The maximum absolute atomic E-state index is 5.28. The molecule has 0 heterocycles. The van der Waals surface area contributed by atoms with Crippen LogP contribution in [0.2, 0.25) is 0 Å². The van der Waals surface area contributed by atoms with Crippen molar-refractivity contribution in [3.05, 3.63) is 24.3 Å². The smallest absolute Gasteiger partial charge is 0.141 e. The van der Waals surface area contributed by atoms with E-state index in [1.165, 1.54) is 12.8 Å². The van der Waals surface area contributed by atoms with Gasteiger partial charge in [-0.3, -0.25) is 0 Å². The summed E-state index contributed by atoms with van der Waals surface area (Å²) in [5.74, 6) is 1.79. The van der Waals surface area contributed by atoms with Crippen LogP contribution in [0, 0.1) is 5.92 Å². The summed E-state index contributed by atoms with van der Waals surface area (Å²) >= 11 is 0. The van der Waals surface area contributed by atoms with Crippen LogP contribution in [0.5, 0.6) is 5.75 Å². The molecule has 1 aliphatic carbocycles. The van der Waals surface area contributed by atoms with Gasteiger partial charge in [0, 0.05) is 6.04 Å². The van der Waals surface area contributed by atoms with E-state index in [9.17, 15) is 0 Å². The second-order valence-electron chi connectivity index (χ2n) is 3.97. The van der Waals surface area contributed by atoms with Gasteiger partial charge in [0.05, 0.1) is 12.8 Å². The number of methoxy groups -OCH3 is 1. The monoisotopic (exact) mass is 191 g/mol. The summed E-state index contributed by atoms with van der Waals surface area (Å²) in [4.78, 5) is 0. The van der Waals surface area contributed by atoms with Gasteiger partial charge in [0.25, 0.3) is 0 Å². The molecule has 1 fully saturated rings. The Morgan fingerprint density at radius 3 is 2.71 bits per heavy atom. The molecule has 2 rings (SSSR count). The predicted molar refractivity (Wildman–Crippen MR) is 58.8 cm³/mol. The molecule has 1 aromatic rings. The zero-order chi connectivity index (χ0) is 9.97. The highest BCUT2D eigenvalue weighted by Crippen LogP contribution is 2.35. The molecule has 0 aromatic heterocycles. The van der Waals surface area contributed by atoms with Gasteiger partial charge in [-0.05, 0) is 37.8 Å². The summed E-state index contributed by atoms with van der Waals surface area (Å²) in [7, 11) is 1.71. The van der Waals surface area contributed by atoms with Gasteiger partial charge >= 0.3 is 0 Å². The SMILES string of the molecule is COc1ccccc1N[C@@H](C)C1CC1. The van der Waals surface area contributed by atoms with E-state index in [4.69, 9.17) is 4.74 Å². The minimum absolute atomic E-state index is 0.561. The largest absolute Gasteiger partial charge is 0.495 e. The molecule has 0 saturated heterocycles. The lowest BCUT2D eigenvalue weighted by Crippen LogP contribution is -2.17. The maximum atomic E-state index is 5.28. The molecule has 1 saturated carbocycles. The molecule has 0 amide bonds. The fraction of sp³-hybridized carbons (Fsp3) is 0.500. The Hall–Kier alpha value is -1.18. The number of anilines is 1. The summed E-state index contributed by atoms with van der Waals surface area (Å²) in [6.07, 6.45) is 2.73. The minimum Gasteiger partial charge on any atom is -0.495 e. The zero-order valence-corrected chi connectivity index (χ0v) is 8.79. The Balaban J connectivity index is 2.06. The standard InChI is InChI=1S/C12H17NO/c1-9(10-7-8-10)13-11-5-3-4-6-12(11)14-2/h3-6,9-10,13H,7-8H2,1-2H3/t9-/m0/s1. The Bertz CT molecular complexity index is 307. The predicted octanol–water partition coefficient (Wildman–Crippen LogP) is 2.91. The molecule has 2 heteroatoms. The number of para-hydroxylation sites is 2. The molecule has 76 valence electrons. The number of nitrogens with one attached hydrogen (secondary N) is 1. The van der Waals surface area contributed by atoms with Crippen LogP contribution in [0.15, 0.2) is 24.3 Å². The lowest BCUT2D eigenvalue weighted by Gasteiger charge is -2.16. The van der Waals surface area contributed by atoms with Crippen molar-refractivity contribution in [2.45, 2.75) is 25.8 Å². The Kier molecular flexibility index (Phi) is 2.62. The van der Waals surface area contributed by atoms with Crippen molar-refractivity contribution in [2.75, 3.05) is 12.4 Å². The molecule has 0 aliphatic heterocycles. The van der Waals surface area contributed by atoms with Crippen LogP contribution in [0.1, 0.15) is 19.8 Å². The van der Waals surface area contributed by atoms with Gasteiger partial charge in [0.2, 0.25) is 0 Å².